The lowest BCUT2D eigenvalue weighted by Gasteiger charge is -2.29. The second-order valence-corrected chi connectivity index (χ2v) is 6.17. The van der Waals surface area contributed by atoms with Gasteiger partial charge in [-0.2, -0.15) is 0 Å². The molecule has 20 heavy (non-hydrogen) atoms. The van der Waals surface area contributed by atoms with E-state index in [2.05, 4.69) is 10.6 Å². The molecule has 7 nitrogen and oxygen atoms in total. The van der Waals surface area contributed by atoms with Crippen LogP contribution in [0.1, 0.15) is 34.1 Å². The fraction of sp³-hybridized carbons (Fsp3) is 0.846. The Morgan fingerprint density at radius 1 is 1.50 bits per heavy atom. The maximum absolute atomic E-state index is 12.0. The highest BCUT2D eigenvalue weighted by molar-refractivity contribution is 5.89. The first-order valence-corrected chi connectivity index (χ1v) is 6.58. The van der Waals surface area contributed by atoms with E-state index in [0.29, 0.717) is 0 Å². The van der Waals surface area contributed by atoms with Crippen LogP contribution in [0.15, 0.2) is 0 Å². The van der Waals surface area contributed by atoms with Crippen molar-refractivity contribution in [3.05, 3.63) is 0 Å². The minimum absolute atomic E-state index is 0.0586. The van der Waals surface area contributed by atoms with E-state index in [-0.39, 0.29) is 24.9 Å². The lowest BCUT2D eigenvalue weighted by molar-refractivity contribution is -0.160. The predicted octanol–water partition coefficient (Wildman–Crippen LogP) is -0.265. The smallest absolute Gasteiger partial charge is 0.309 e. The van der Waals surface area contributed by atoms with E-state index in [1.54, 1.807) is 27.7 Å². The van der Waals surface area contributed by atoms with E-state index in [4.69, 9.17) is 9.47 Å². The Hall–Kier alpha value is -1.18. The van der Waals surface area contributed by atoms with Crippen LogP contribution in [0.2, 0.25) is 0 Å². The molecule has 3 unspecified atom stereocenters. The number of carbonyl (C=O) groups excluding carboxylic acids is 2. The molecule has 0 spiro atoms. The molecule has 0 aromatic carbocycles. The molecule has 0 bridgehead atoms. The Morgan fingerprint density at radius 3 is 2.50 bits per heavy atom. The lowest BCUT2D eigenvalue weighted by atomic mass is 9.88. The average Bonchev–Trinajstić information content (AvgIpc) is 2.51. The largest absolute Gasteiger partial charge is 0.460 e. The molecule has 0 saturated carbocycles. The number of aliphatic hydroxyl groups is 1. The molecule has 1 amide bonds. The van der Waals surface area contributed by atoms with Gasteiger partial charge in [-0.05, 0) is 27.2 Å². The zero-order valence-corrected chi connectivity index (χ0v) is 12.6. The second-order valence-electron chi connectivity index (χ2n) is 6.17. The number of ether oxygens (including phenoxy) is 2. The Morgan fingerprint density at radius 2 is 2.10 bits per heavy atom. The fourth-order valence-electron chi connectivity index (χ4n) is 2.20. The van der Waals surface area contributed by atoms with E-state index in [1.165, 1.54) is 7.11 Å². The molecule has 3 N–H and O–H groups in total. The summed E-state index contributed by atoms with van der Waals surface area (Å²) in [6, 6.07) is 0. The summed E-state index contributed by atoms with van der Waals surface area (Å²) < 4.78 is 10.3. The number of nitrogens with one attached hydrogen (secondary N) is 2. The third-order valence-electron chi connectivity index (χ3n) is 2.97. The zero-order chi connectivity index (χ0) is 15.6. The first kappa shape index (κ1) is 16.9. The summed E-state index contributed by atoms with van der Waals surface area (Å²) in [7, 11) is 1.46. The Balaban J connectivity index is 2.76. The molecular weight excluding hydrogens is 264 g/mol. The summed E-state index contributed by atoms with van der Waals surface area (Å²) in [6.45, 7) is 7.10. The van der Waals surface area contributed by atoms with E-state index in [1.807, 2.05) is 0 Å². The minimum atomic E-state index is -1.14. The minimum Gasteiger partial charge on any atom is -0.460 e. The van der Waals surface area contributed by atoms with Crippen LogP contribution in [-0.2, 0) is 19.1 Å². The summed E-state index contributed by atoms with van der Waals surface area (Å²) in [5.41, 5.74) is -1.70. The van der Waals surface area contributed by atoms with Gasteiger partial charge in [0, 0.05) is 7.11 Å². The van der Waals surface area contributed by atoms with Crippen molar-refractivity contribution in [3.63, 3.8) is 0 Å². The highest BCUT2D eigenvalue weighted by atomic mass is 16.6. The van der Waals surface area contributed by atoms with Crippen LogP contribution in [-0.4, -0.2) is 48.2 Å². The van der Waals surface area contributed by atoms with Gasteiger partial charge in [0.25, 0.3) is 0 Å². The van der Waals surface area contributed by atoms with Crippen molar-refractivity contribution in [2.45, 2.75) is 51.6 Å². The number of carbonyl (C=O) groups is 2. The van der Waals surface area contributed by atoms with Gasteiger partial charge in [0.05, 0.1) is 12.5 Å². The lowest BCUT2D eigenvalue weighted by Crippen LogP contribution is -2.53. The number of rotatable bonds is 5. The summed E-state index contributed by atoms with van der Waals surface area (Å²) in [5, 5.41) is 14.6. The van der Waals surface area contributed by atoms with Crippen LogP contribution in [0.5, 0.6) is 0 Å². The van der Waals surface area contributed by atoms with E-state index < -0.39 is 23.4 Å². The van der Waals surface area contributed by atoms with Gasteiger partial charge in [0.2, 0.25) is 5.91 Å². The Kier molecular flexibility index (Phi) is 5.12. The molecule has 7 heteroatoms. The van der Waals surface area contributed by atoms with Crippen LogP contribution >= 0.6 is 0 Å². The maximum Gasteiger partial charge on any atom is 0.309 e. The SMILES string of the molecule is COCC1(CC(C)C(=O)OC(C)(C)C)NC(O)NC1=O. The van der Waals surface area contributed by atoms with Gasteiger partial charge in [-0.3, -0.25) is 14.9 Å². The standard InChI is InChI=1S/C13H24N2O5/c1-8(9(16)20-12(2,3)4)6-13(7-19-5)10(17)14-11(18)15-13/h8,11,15,18H,6-7H2,1-5H3,(H,14,17). The van der Waals surface area contributed by atoms with Gasteiger partial charge in [-0.25, -0.2) is 0 Å². The summed E-state index contributed by atoms with van der Waals surface area (Å²) in [6.07, 6.45) is -0.956. The molecule has 0 radical (unpaired) electrons. The maximum atomic E-state index is 12.0. The van der Waals surface area contributed by atoms with Crippen LogP contribution in [0.4, 0.5) is 0 Å². The molecule has 3 atom stereocenters. The third-order valence-corrected chi connectivity index (χ3v) is 2.97. The Labute approximate surface area is 119 Å². The molecule has 1 saturated heterocycles. The summed E-state index contributed by atoms with van der Waals surface area (Å²) in [4.78, 5) is 24.0. The topological polar surface area (TPSA) is 96.9 Å². The van der Waals surface area contributed by atoms with Gasteiger partial charge < -0.3 is 19.9 Å². The molecule has 1 rings (SSSR count). The van der Waals surface area contributed by atoms with E-state index >= 15 is 0 Å². The van der Waals surface area contributed by atoms with Gasteiger partial charge >= 0.3 is 5.97 Å². The summed E-state index contributed by atoms with van der Waals surface area (Å²) in [5.74, 6) is -1.28. The molecule has 0 aromatic heterocycles. The highest BCUT2D eigenvalue weighted by Crippen LogP contribution is 2.24. The van der Waals surface area contributed by atoms with Gasteiger partial charge in [-0.15, -0.1) is 0 Å². The van der Waals surface area contributed by atoms with Crippen LogP contribution < -0.4 is 10.6 Å². The predicted molar refractivity (Wildman–Crippen MR) is 71.5 cm³/mol. The molecule has 116 valence electrons. The second kappa shape index (κ2) is 6.07. The first-order valence-electron chi connectivity index (χ1n) is 6.58. The molecule has 1 aliphatic rings. The average molecular weight is 288 g/mol. The molecule has 0 aliphatic carbocycles. The van der Waals surface area contributed by atoms with Gasteiger partial charge in [0.1, 0.15) is 11.1 Å². The number of amides is 1. The third kappa shape index (κ3) is 4.16. The quantitative estimate of drug-likeness (QED) is 0.603. The zero-order valence-electron chi connectivity index (χ0n) is 12.6. The number of methoxy groups -OCH3 is 1. The first-order chi connectivity index (χ1) is 9.09. The van der Waals surface area contributed by atoms with Crippen molar-refractivity contribution in [1.82, 2.24) is 10.6 Å². The van der Waals surface area contributed by atoms with Crippen LogP contribution in [0, 0.1) is 5.92 Å². The van der Waals surface area contributed by atoms with Crippen molar-refractivity contribution >= 4 is 11.9 Å². The molecule has 1 fully saturated rings. The number of esters is 1. The van der Waals surface area contributed by atoms with Gasteiger partial charge in [-0.1, -0.05) is 6.92 Å². The van der Waals surface area contributed by atoms with Crippen LogP contribution in [0.25, 0.3) is 0 Å². The number of hydrogen-bond donors (Lipinski definition) is 3. The normalized spacial score (nSPS) is 28.1. The van der Waals surface area contributed by atoms with E-state index in [9.17, 15) is 14.7 Å². The van der Waals surface area contributed by atoms with Crippen LogP contribution in [0.3, 0.4) is 0 Å². The highest BCUT2D eigenvalue weighted by Gasteiger charge is 2.48. The van der Waals surface area contributed by atoms with Crippen molar-refractivity contribution in [2.24, 2.45) is 5.92 Å². The van der Waals surface area contributed by atoms with E-state index in [0.717, 1.165) is 0 Å². The van der Waals surface area contributed by atoms with Gasteiger partial charge in [0.15, 0.2) is 6.35 Å². The number of aliphatic hydroxyl groups excluding tert-OH is 1. The monoisotopic (exact) mass is 288 g/mol. The van der Waals surface area contributed by atoms with Crippen molar-refractivity contribution < 1.29 is 24.2 Å². The van der Waals surface area contributed by atoms with Crippen molar-refractivity contribution in [3.8, 4) is 0 Å². The molecular formula is C13H24N2O5. The molecule has 1 aliphatic heterocycles. The number of hydrogen-bond acceptors (Lipinski definition) is 6. The fourth-order valence-corrected chi connectivity index (χ4v) is 2.20. The Bertz CT molecular complexity index is 379. The summed E-state index contributed by atoms with van der Waals surface area (Å²) >= 11 is 0. The van der Waals surface area contributed by atoms with Crippen molar-refractivity contribution in [2.75, 3.05) is 13.7 Å². The molecule has 0 aromatic rings. The van der Waals surface area contributed by atoms with Crippen molar-refractivity contribution in [1.29, 1.82) is 0 Å². The molecule has 1 heterocycles.